The molecule has 1 aromatic carbocycles. The van der Waals surface area contributed by atoms with Crippen LogP contribution in [0.25, 0.3) is 0 Å². The van der Waals surface area contributed by atoms with Gasteiger partial charge in [-0.1, -0.05) is 15.9 Å². The van der Waals surface area contributed by atoms with Crippen molar-refractivity contribution < 1.29 is 14.3 Å². The molecule has 1 atom stereocenters. The minimum absolute atomic E-state index is 0.0430. The van der Waals surface area contributed by atoms with Gasteiger partial charge in [0, 0.05) is 29.8 Å². The molecule has 1 aromatic rings. The molecule has 1 N–H and O–H groups in total. The highest BCUT2D eigenvalue weighted by molar-refractivity contribution is 9.10. The average Bonchev–Trinajstić information content (AvgIpc) is 2.94. The Balaban J connectivity index is 1.60. The second kappa shape index (κ2) is 8.51. The van der Waals surface area contributed by atoms with Crippen LogP contribution in [0, 0.1) is 6.92 Å². The monoisotopic (exact) mass is 355 g/mol. The fourth-order valence-corrected chi connectivity index (χ4v) is 2.94. The Labute approximate surface area is 134 Å². The van der Waals surface area contributed by atoms with Crippen LogP contribution in [0.1, 0.15) is 35.2 Å². The van der Waals surface area contributed by atoms with E-state index in [0.29, 0.717) is 25.3 Å². The summed E-state index contributed by atoms with van der Waals surface area (Å²) in [5.74, 6) is -0.0430. The number of halogens is 1. The third kappa shape index (κ3) is 5.77. The first kappa shape index (κ1) is 16.5. The van der Waals surface area contributed by atoms with Crippen LogP contribution >= 0.6 is 15.9 Å². The van der Waals surface area contributed by atoms with Crippen molar-refractivity contribution in [1.29, 1.82) is 0 Å². The van der Waals surface area contributed by atoms with Gasteiger partial charge in [-0.15, -0.1) is 0 Å². The van der Waals surface area contributed by atoms with Crippen molar-refractivity contribution in [3.8, 4) is 0 Å². The fraction of sp³-hybridized carbons (Fsp3) is 0.562. The van der Waals surface area contributed by atoms with Gasteiger partial charge in [0.15, 0.2) is 0 Å². The van der Waals surface area contributed by atoms with Crippen LogP contribution in [0.5, 0.6) is 0 Å². The number of hydrogen-bond acceptors (Lipinski definition) is 3. The van der Waals surface area contributed by atoms with E-state index in [1.165, 1.54) is 0 Å². The molecular formula is C16H22BrNO3. The van der Waals surface area contributed by atoms with E-state index >= 15 is 0 Å². The predicted molar refractivity (Wildman–Crippen MR) is 85.6 cm³/mol. The number of benzene rings is 1. The predicted octanol–water partition coefficient (Wildman–Crippen LogP) is 3.07. The maximum Gasteiger partial charge on any atom is 0.251 e. The number of amides is 1. The van der Waals surface area contributed by atoms with E-state index in [4.69, 9.17) is 9.47 Å². The third-order valence-corrected chi connectivity index (χ3v) is 3.84. The van der Waals surface area contributed by atoms with Crippen LogP contribution < -0.4 is 5.32 Å². The van der Waals surface area contributed by atoms with Crippen LogP contribution in [0.15, 0.2) is 22.7 Å². The van der Waals surface area contributed by atoms with Crippen molar-refractivity contribution in [2.24, 2.45) is 0 Å². The van der Waals surface area contributed by atoms with Crippen LogP contribution in [0.2, 0.25) is 0 Å². The maximum absolute atomic E-state index is 12.0. The molecule has 0 aliphatic carbocycles. The molecule has 1 saturated heterocycles. The Morgan fingerprint density at radius 2 is 2.33 bits per heavy atom. The van der Waals surface area contributed by atoms with Gasteiger partial charge in [-0.25, -0.2) is 0 Å². The second-order valence-corrected chi connectivity index (χ2v) is 6.25. The van der Waals surface area contributed by atoms with Crippen molar-refractivity contribution in [2.45, 2.75) is 32.3 Å². The van der Waals surface area contributed by atoms with Gasteiger partial charge in [-0.3, -0.25) is 4.79 Å². The third-order valence-electron chi connectivity index (χ3n) is 3.38. The van der Waals surface area contributed by atoms with Gasteiger partial charge < -0.3 is 14.8 Å². The lowest BCUT2D eigenvalue weighted by Crippen LogP contribution is -2.25. The number of carbonyl (C=O) groups is 1. The van der Waals surface area contributed by atoms with E-state index < -0.39 is 0 Å². The van der Waals surface area contributed by atoms with Crippen LogP contribution in [0.3, 0.4) is 0 Å². The van der Waals surface area contributed by atoms with E-state index in [-0.39, 0.29) is 12.0 Å². The molecule has 2 rings (SSSR count). The molecule has 1 unspecified atom stereocenters. The molecular weight excluding hydrogens is 334 g/mol. The quantitative estimate of drug-likeness (QED) is 0.764. The highest BCUT2D eigenvalue weighted by Gasteiger charge is 2.14. The van der Waals surface area contributed by atoms with Crippen molar-refractivity contribution in [2.75, 3.05) is 26.4 Å². The summed E-state index contributed by atoms with van der Waals surface area (Å²) in [6.07, 6.45) is 3.31. The normalized spacial score (nSPS) is 17.9. The molecule has 0 aromatic heterocycles. The number of carbonyl (C=O) groups excluding carboxylic acids is 1. The molecule has 1 aliphatic rings. The lowest BCUT2D eigenvalue weighted by atomic mass is 10.1. The summed E-state index contributed by atoms with van der Waals surface area (Å²) >= 11 is 3.40. The highest BCUT2D eigenvalue weighted by Crippen LogP contribution is 2.15. The summed E-state index contributed by atoms with van der Waals surface area (Å²) in [6, 6.07) is 5.69. The molecule has 1 heterocycles. The molecule has 1 amide bonds. The average molecular weight is 356 g/mol. The van der Waals surface area contributed by atoms with Crippen molar-refractivity contribution in [1.82, 2.24) is 5.32 Å². The van der Waals surface area contributed by atoms with Crippen LogP contribution in [-0.2, 0) is 9.47 Å². The maximum atomic E-state index is 12.0. The zero-order valence-electron chi connectivity index (χ0n) is 12.4. The molecule has 116 valence electrons. The largest absolute Gasteiger partial charge is 0.379 e. The summed E-state index contributed by atoms with van der Waals surface area (Å²) in [7, 11) is 0. The van der Waals surface area contributed by atoms with Crippen LogP contribution in [-0.4, -0.2) is 38.4 Å². The van der Waals surface area contributed by atoms with E-state index in [0.717, 1.165) is 35.9 Å². The molecule has 0 saturated carbocycles. The topological polar surface area (TPSA) is 47.6 Å². The smallest absolute Gasteiger partial charge is 0.251 e. The zero-order chi connectivity index (χ0) is 15.1. The molecule has 0 spiro atoms. The molecule has 4 nitrogen and oxygen atoms in total. The Kier molecular flexibility index (Phi) is 6.67. The second-order valence-electron chi connectivity index (χ2n) is 5.34. The van der Waals surface area contributed by atoms with Gasteiger partial charge in [-0.05, 0) is 49.9 Å². The van der Waals surface area contributed by atoms with E-state index in [1.807, 2.05) is 25.1 Å². The summed E-state index contributed by atoms with van der Waals surface area (Å²) in [6.45, 7) is 4.77. The summed E-state index contributed by atoms with van der Waals surface area (Å²) in [5.41, 5.74) is 1.75. The molecule has 1 aliphatic heterocycles. The first-order valence-electron chi connectivity index (χ1n) is 7.40. The van der Waals surface area contributed by atoms with Gasteiger partial charge in [0.2, 0.25) is 0 Å². The number of aryl methyl sites for hydroxylation is 1. The Morgan fingerprint density at radius 3 is 3.05 bits per heavy atom. The SMILES string of the molecule is Cc1cc(Br)cc(C(=O)NCCCOCC2CCCO2)c1. The van der Waals surface area contributed by atoms with Gasteiger partial charge in [0.05, 0.1) is 12.7 Å². The Hall–Kier alpha value is -0.910. The number of ether oxygens (including phenoxy) is 2. The zero-order valence-corrected chi connectivity index (χ0v) is 13.9. The van der Waals surface area contributed by atoms with Crippen molar-refractivity contribution in [3.63, 3.8) is 0 Å². The van der Waals surface area contributed by atoms with Crippen molar-refractivity contribution >= 4 is 21.8 Å². The molecule has 0 bridgehead atoms. The van der Waals surface area contributed by atoms with E-state index in [9.17, 15) is 4.79 Å². The van der Waals surface area contributed by atoms with Crippen LogP contribution in [0.4, 0.5) is 0 Å². The van der Waals surface area contributed by atoms with Gasteiger partial charge in [-0.2, -0.15) is 0 Å². The molecule has 1 fully saturated rings. The first-order chi connectivity index (χ1) is 10.1. The number of rotatable bonds is 7. The number of nitrogens with one attached hydrogen (secondary N) is 1. The van der Waals surface area contributed by atoms with Crippen molar-refractivity contribution in [3.05, 3.63) is 33.8 Å². The fourth-order valence-electron chi connectivity index (χ4n) is 2.34. The minimum Gasteiger partial charge on any atom is -0.379 e. The number of hydrogen-bond donors (Lipinski definition) is 1. The van der Waals surface area contributed by atoms with E-state index in [1.54, 1.807) is 0 Å². The molecule has 21 heavy (non-hydrogen) atoms. The van der Waals surface area contributed by atoms with Gasteiger partial charge in [0.1, 0.15) is 0 Å². The van der Waals surface area contributed by atoms with Gasteiger partial charge >= 0.3 is 0 Å². The summed E-state index contributed by atoms with van der Waals surface area (Å²) in [5, 5.41) is 2.91. The Bertz CT molecular complexity index is 452. The molecule has 5 heteroatoms. The Morgan fingerprint density at radius 1 is 1.48 bits per heavy atom. The summed E-state index contributed by atoms with van der Waals surface area (Å²) < 4.78 is 12.0. The minimum atomic E-state index is -0.0430. The van der Waals surface area contributed by atoms with Gasteiger partial charge in [0.25, 0.3) is 5.91 Å². The first-order valence-corrected chi connectivity index (χ1v) is 8.19. The lowest BCUT2D eigenvalue weighted by molar-refractivity contribution is 0.0166. The lowest BCUT2D eigenvalue weighted by Gasteiger charge is -2.10. The molecule has 0 radical (unpaired) electrons. The highest BCUT2D eigenvalue weighted by atomic mass is 79.9. The summed E-state index contributed by atoms with van der Waals surface area (Å²) in [4.78, 5) is 12.0. The standard InChI is InChI=1S/C16H22BrNO3/c1-12-8-13(10-14(17)9-12)16(19)18-5-3-6-20-11-15-4-2-7-21-15/h8-10,15H,2-7,11H2,1H3,(H,18,19). The van der Waals surface area contributed by atoms with E-state index in [2.05, 4.69) is 21.2 Å².